The quantitative estimate of drug-likeness (QED) is 0.924. The van der Waals surface area contributed by atoms with Crippen LogP contribution in [0.1, 0.15) is 26.7 Å². The highest BCUT2D eigenvalue weighted by Crippen LogP contribution is 2.19. The van der Waals surface area contributed by atoms with Crippen molar-refractivity contribution in [2.45, 2.75) is 38.8 Å². The number of piperidine rings is 1. The molecule has 0 spiro atoms. The minimum atomic E-state index is -0.435. The maximum atomic E-state index is 13.6. The Labute approximate surface area is 136 Å². The van der Waals surface area contributed by atoms with Gasteiger partial charge in [0, 0.05) is 33.1 Å². The van der Waals surface area contributed by atoms with Crippen molar-refractivity contribution in [3.8, 4) is 0 Å². The molecule has 1 aromatic carbocycles. The molecule has 1 saturated heterocycles. The van der Waals surface area contributed by atoms with Crippen molar-refractivity contribution in [2.75, 3.05) is 25.5 Å². The number of nitrogens with zero attached hydrogens (tertiary/aromatic N) is 2. The van der Waals surface area contributed by atoms with Crippen LogP contribution in [-0.4, -0.2) is 53.8 Å². The van der Waals surface area contributed by atoms with E-state index in [2.05, 4.69) is 10.2 Å². The highest BCUT2D eigenvalue weighted by molar-refractivity contribution is 5.94. The summed E-state index contributed by atoms with van der Waals surface area (Å²) in [5, 5.41) is 2.64. The van der Waals surface area contributed by atoms with Crippen LogP contribution in [0.3, 0.4) is 0 Å². The molecule has 1 fully saturated rings. The molecule has 1 aromatic rings. The average Bonchev–Trinajstić information content (AvgIpc) is 2.55. The maximum Gasteiger partial charge on any atom is 0.241 e. The highest BCUT2D eigenvalue weighted by atomic mass is 19.1. The average molecular weight is 321 g/mol. The molecule has 2 rings (SSSR count). The number of hydrogen-bond acceptors (Lipinski definition) is 3. The number of carbonyl (C=O) groups is 2. The van der Waals surface area contributed by atoms with Gasteiger partial charge >= 0.3 is 0 Å². The van der Waals surface area contributed by atoms with Gasteiger partial charge in [0.25, 0.3) is 0 Å². The van der Waals surface area contributed by atoms with Crippen LogP contribution in [0.2, 0.25) is 0 Å². The van der Waals surface area contributed by atoms with Crippen LogP contribution in [0.15, 0.2) is 24.3 Å². The summed E-state index contributed by atoms with van der Waals surface area (Å²) in [5.41, 5.74) is 0.204. The second kappa shape index (κ2) is 7.55. The summed E-state index contributed by atoms with van der Waals surface area (Å²) in [6.07, 6.45) is 1.68. The third-order valence-corrected chi connectivity index (χ3v) is 4.60. The molecule has 126 valence electrons. The predicted molar refractivity (Wildman–Crippen MR) is 87.5 cm³/mol. The van der Waals surface area contributed by atoms with Gasteiger partial charge in [-0.3, -0.25) is 14.5 Å². The summed E-state index contributed by atoms with van der Waals surface area (Å²) in [5.74, 6) is -0.586. The van der Waals surface area contributed by atoms with Gasteiger partial charge in [0.1, 0.15) is 5.82 Å². The van der Waals surface area contributed by atoms with E-state index in [1.54, 1.807) is 30.0 Å². The lowest BCUT2D eigenvalue weighted by molar-refractivity contribution is -0.131. The van der Waals surface area contributed by atoms with E-state index in [1.165, 1.54) is 6.07 Å². The van der Waals surface area contributed by atoms with Gasteiger partial charge in [-0.15, -0.1) is 0 Å². The minimum Gasteiger partial charge on any atom is -0.343 e. The van der Waals surface area contributed by atoms with Crippen LogP contribution in [0.4, 0.5) is 10.1 Å². The van der Waals surface area contributed by atoms with Crippen LogP contribution in [0.25, 0.3) is 0 Å². The van der Waals surface area contributed by atoms with Gasteiger partial charge < -0.3 is 10.2 Å². The van der Waals surface area contributed by atoms with E-state index in [1.807, 2.05) is 14.0 Å². The second-order valence-corrected chi connectivity index (χ2v) is 6.04. The molecule has 1 atom stereocenters. The Bertz CT molecular complexity index is 571. The summed E-state index contributed by atoms with van der Waals surface area (Å²) < 4.78 is 13.6. The van der Waals surface area contributed by atoms with Gasteiger partial charge in [-0.2, -0.15) is 0 Å². The molecule has 0 aliphatic carbocycles. The van der Waals surface area contributed by atoms with Gasteiger partial charge in [0.2, 0.25) is 11.8 Å². The second-order valence-electron chi connectivity index (χ2n) is 6.04. The molecule has 0 unspecified atom stereocenters. The Morgan fingerprint density at radius 1 is 1.30 bits per heavy atom. The Morgan fingerprint density at radius 3 is 2.48 bits per heavy atom. The number of anilines is 1. The number of benzene rings is 1. The van der Waals surface area contributed by atoms with Gasteiger partial charge in [-0.05, 0) is 31.9 Å². The fourth-order valence-electron chi connectivity index (χ4n) is 2.88. The summed E-state index contributed by atoms with van der Waals surface area (Å²) in [7, 11) is 1.82. The molecule has 1 aliphatic heterocycles. The molecule has 2 amide bonds. The van der Waals surface area contributed by atoms with E-state index in [9.17, 15) is 14.0 Å². The van der Waals surface area contributed by atoms with Crippen molar-refractivity contribution in [1.82, 2.24) is 9.80 Å². The molecule has 5 nitrogen and oxygen atoms in total. The van der Waals surface area contributed by atoms with Crippen LogP contribution < -0.4 is 5.32 Å². The third kappa shape index (κ3) is 4.28. The van der Waals surface area contributed by atoms with E-state index in [-0.39, 0.29) is 29.6 Å². The normalized spacial score (nSPS) is 17.6. The fourth-order valence-corrected chi connectivity index (χ4v) is 2.88. The molecule has 23 heavy (non-hydrogen) atoms. The Morgan fingerprint density at radius 2 is 1.91 bits per heavy atom. The zero-order valence-corrected chi connectivity index (χ0v) is 13.9. The monoisotopic (exact) mass is 321 g/mol. The van der Waals surface area contributed by atoms with Crippen LogP contribution in [0, 0.1) is 5.82 Å². The van der Waals surface area contributed by atoms with E-state index in [4.69, 9.17) is 0 Å². The van der Waals surface area contributed by atoms with Crippen LogP contribution in [0.5, 0.6) is 0 Å². The molecule has 1 aliphatic rings. The fraction of sp³-hybridized carbons (Fsp3) is 0.529. The van der Waals surface area contributed by atoms with Crippen LogP contribution in [-0.2, 0) is 9.59 Å². The van der Waals surface area contributed by atoms with Gasteiger partial charge in [-0.25, -0.2) is 4.39 Å². The number of hydrogen-bond donors (Lipinski definition) is 1. The molecular weight excluding hydrogens is 297 g/mol. The zero-order chi connectivity index (χ0) is 17.0. The third-order valence-electron chi connectivity index (χ3n) is 4.60. The van der Waals surface area contributed by atoms with Gasteiger partial charge in [0.15, 0.2) is 0 Å². The lowest BCUT2D eigenvalue weighted by Crippen LogP contribution is -2.50. The lowest BCUT2D eigenvalue weighted by Gasteiger charge is -2.38. The molecule has 0 bridgehead atoms. The molecule has 1 heterocycles. The number of halogens is 1. The number of rotatable bonds is 4. The molecular formula is C17H24FN3O2. The number of para-hydroxylation sites is 1. The first-order chi connectivity index (χ1) is 10.9. The first-order valence-electron chi connectivity index (χ1n) is 7.93. The molecule has 1 N–H and O–H groups in total. The van der Waals surface area contributed by atoms with E-state index in [0.29, 0.717) is 0 Å². The van der Waals surface area contributed by atoms with E-state index >= 15 is 0 Å². The molecule has 6 heteroatoms. The van der Waals surface area contributed by atoms with Crippen molar-refractivity contribution in [2.24, 2.45) is 0 Å². The lowest BCUT2D eigenvalue weighted by atomic mass is 10.0. The van der Waals surface area contributed by atoms with Crippen molar-refractivity contribution < 1.29 is 14.0 Å². The topological polar surface area (TPSA) is 52.7 Å². The summed E-state index contributed by atoms with van der Waals surface area (Å²) in [6, 6.07) is 6.04. The minimum absolute atomic E-state index is 0.0637. The van der Waals surface area contributed by atoms with E-state index < -0.39 is 5.82 Å². The summed E-state index contributed by atoms with van der Waals surface area (Å²) in [6.45, 7) is 4.88. The van der Waals surface area contributed by atoms with Crippen molar-refractivity contribution >= 4 is 17.5 Å². The largest absolute Gasteiger partial charge is 0.343 e. The Balaban J connectivity index is 1.89. The SMILES string of the molecule is CC(=O)N(C)C1CCN([C@H](C)C(=O)Nc2ccccc2F)CC1. The molecule has 0 radical (unpaired) electrons. The van der Waals surface area contributed by atoms with Crippen molar-refractivity contribution in [3.63, 3.8) is 0 Å². The number of nitrogens with one attached hydrogen (secondary N) is 1. The zero-order valence-electron chi connectivity index (χ0n) is 13.9. The first-order valence-corrected chi connectivity index (χ1v) is 7.93. The van der Waals surface area contributed by atoms with E-state index in [0.717, 1.165) is 25.9 Å². The first kappa shape index (κ1) is 17.4. The van der Waals surface area contributed by atoms with Gasteiger partial charge in [0.05, 0.1) is 11.7 Å². The Hall–Kier alpha value is -1.95. The number of likely N-dealkylation sites (tertiary alicyclic amines) is 1. The maximum absolute atomic E-state index is 13.6. The molecule has 0 aromatic heterocycles. The standard InChI is InChI=1S/C17H24FN3O2/c1-12(17(23)19-16-7-5-4-6-15(16)18)21-10-8-14(9-11-21)20(3)13(2)22/h4-7,12,14H,8-11H2,1-3H3,(H,19,23)/t12-/m1/s1. The predicted octanol–water partition coefficient (Wildman–Crippen LogP) is 2.10. The van der Waals surface area contributed by atoms with Crippen molar-refractivity contribution in [1.29, 1.82) is 0 Å². The Kier molecular flexibility index (Phi) is 5.71. The smallest absolute Gasteiger partial charge is 0.241 e. The summed E-state index contributed by atoms with van der Waals surface area (Å²) in [4.78, 5) is 27.6. The van der Waals surface area contributed by atoms with Crippen LogP contribution >= 0.6 is 0 Å². The van der Waals surface area contributed by atoms with Gasteiger partial charge in [-0.1, -0.05) is 12.1 Å². The van der Waals surface area contributed by atoms with Crippen molar-refractivity contribution in [3.05, 3.63) is 30.1 Å². The number of amides is 2. The number of carbonyl (C=O) groups excluding carboxylic acids is 2. The highest BCUT2D eigenvalue weighted by Gasteiger charge is 2.29. The summed E-state index contributed by atoms with van der Waals surface area (Å²) >= 11 is 0. The molecule has 0 saturated carbocycles.